The summed E-state index contributed by atoms with van der Waals surface area (Å²) in [6.07, 6.45) is -5.41. The van der Waals surface area contributed by atoms with Gasteiger partial charge in [0.2, 0.25) is 5.91 Å². The summed E-state index contributed by atoms with van der Waals surface area (Å²) in [5.74, 6) is -0.367. The molecule has 1 saturated heterocycles. The highest BCUT2D eigenvalue weighted by molar-refractivity contribution is 5.76. The van der Waals surface area contributed by atoms with Crippen molar-refractivity contribution in [1.82, 2.24) is 15.5 Å². The fourth-order valence-electron chi connectivity index (χ4n) is 2.16. The first-order valence-corrected chi connectivity index (χ1v) is 7.80. The lowest BCUT2D eigenvalue weighted by Gasteiger charge is -2.40. The van der Waals surface area contributed by atoms with E-state index in [4.69, 9.17) is 9.47 Å². The third-order valence-corrected chi connectivity index (χ3v) is 3.44. The van der Waals surface area contributed by atoms with Gasteiger partial charge in [-0.05, 0) is 20.5 Å². The quantitative estimate of drug-likeness (QED) is 0.331. The van der Waals surface area contributed by atoms with Crippen LogP contribution in [0.5, 0.6) is 0 Å². The smallest absolute Gasteiger partial charge is 0.408 e. The summed E-state index contributed by atoms with van der Waals surface area (Å²) in [4.78, 5) is 24.8. The average molecular weight is 349 g/mol. The van der Waals surface area contributed by atoms with Crippen LogP contribution < -0.4 is 10.6 Å². The van der Waals surface area contributed by atoms with Crippen LogP contribution in [0.15, 0.2) is 0 Å². The molecule has 24 heavy (non-hydrogen) atoms. The highest BCUT2D eigenvalue weighted by Gasteiger charge is 2.44. The van der Waals surface area contributed by atoms with E-state index >= 15 is 0 Å². The van der Waals surface area contributed by atoms with Crippen molar-refractivity contribution in [3.63, 3.8) is 0 Å². The molecule has 10 heteroatoms. The molecule has 140 valence electrons. The molecule has 5 atom stereocenters. The molecule has 2 amide bonds. The van der Waals surface area contributed by atoms with Gasteiger partial charge in [-0.3, -0.25) is 9.69 Å². The van der Waals surface area contributed by atoms with Crippen molar-refractivity contribution in [1.29, 1.82) is 0 Å². The van der Waals surface area contributed by atoms with Crippen molar-refractivity contribution in [3.8, 4) is 0 Å². The van der Waals surface area contributed by atoms with Gasteiger partial charge >= 0.3 is 6.09 Å². The largest absolute Gasteiger partial charge is 0.447 e. The molecule has 1 fully saturated rings. The maximum absolute atomic E-state index is 11.6. The zero-order valence-corrected chi connectivity index (χ0v) is 14.1. The number of amides is 2. The lowest BCUT2D eigenvalue weighted by molar-refractivity contribution is -0.253. The number of carbonyl (C=O) groups excluding carboxylic acids is 2. The number of aliphatic hydroxyl groups excluding tert-OH is 3. The Balaban J connectivity index is 2.50. The molecule has 5 N–H and O–H groups in total. The number of alkyl carbamates (subject to hydrolysis) is 1. The first-order valence-electron chi connectivity index (χ1n) is 7.80. The molecule has 0 spiro atoms. The number of ether oxygens (including phenoxy) is 2. The van der Waals surface area contributed by atoms with Gasteiger partial charge in [-0.2, -0.15) is 0 Å². The Morgan fingerprint density at radius 3 is 2.46 bits per heavy atom. The van der Waals surface area contributed by atoms with E-state index in [9.17, 15) is 24.9 Å². The predicted octanol–water partition coefficient (Wildman–Crippen LogP) is -2.04. The summed E-state index contributed by atoms with van der Waals surface area (Å²) in [5.41, 5.74) is 0. The molecule has 0 radical (unpaired) electrons. The predicted molar refractivity (Wildman–Crippen MR) is 82.8 cm³/mol. The molecule has 0 saturated carbocycles. The standard InChI is InChI=1S/C14H27N3O7/c1-4-5-9(18)16-10-12(20)11(19)8(24-13(10)21)6-23-14(22)15-7-17(2)3/h8,10-13,19-21H,4-7H2,1-3H3,(H,15,22)(H,16,18)/t8-,10-,11-,12-,13?/m1/s1. The zero-order chi connectivity index (χ0) is 18.3. The van der Waals surface area contributed by atoms with Crippen LogP contribution in [0.4, 0.5) is 4.79 Å². The summed E-state index contributed by atoms with van der Waals surface area (Å²) in [6.45, 7) is 1.72. The Morgan fingerprint density at radius 2 is 1.88 bits per heavy atom. The Labute approximate surface area is 140 Å². The Kier molecular flexibility index (Phi) is 8.36. The van der Waals surface area contributed by atoms with Gasteiger partial charge in [0.25, 0.3) is 0 Å². The van der Waals surface area contributed by atoms with E-state index in [1.165, 1.54) is 0 Å². The molecule has 1 unspecified atom stereocenters. The number of nitrogens with zero attached hydrogens (tertiary/aromatic N) is 1. The van der Waals surface area contributed by atoms with Crippen LogP contribution in [0.1, 0.15) is 19.8 Å². The van der Waals surface area contributed by atoms with Crippen molar-refractivity contribution in [2.75, 3.05) is 27.4 Å². The average Bonchev–Trinajstić information content (AvgIpc) is 2.52. The van der Waals surface area contributed by atoms with E-state index in [0.717, 1.165) is 0 Å². The van der Waals surface area contributed by atoms with Crippen LogP contribution in [0.3, 0.4) is 0 Å². The van der Waals surface area contributed by atoms with Gasteiger partial charge in [-0.25, -0.2) is 4.79 Å². The summed E-state index contributed by atoms with van der Waals surface area (Å²) in [6, 6.07) is -1.15. The Hall–Kier alpha value is -1.46. The van der Waals surface area contributed by atoms with Gasteiger partial charge in [0.15, 0.2) is 6.29 Å². The lowest BCUT2D eigenvalue weighted by Crippen LogP contribution is -2.64. The van der Waals surface area contributed by atoms with E-state index in [1.54, 1.807) is 19.0 Å². The maximum atomic E-state index is 11.6. The molecular formula is C14H27N3O7. The van der Waals surface area contributed by atoms with E-state index in [-0.39, 0.29) is 25.6 Å². The van der Waals surface area contributed by atoms with Crippen molar-refractivity contribution in [2.45, 2.75) is 50.4 Å². The second kappa shape index (κ2) is 9.74. The fourth-order valence-corrected chi connectivity index (χ4v) is 2.16. The molecule has 1 aliphatic heterocycles. The second-order valence-electron chi connectivity index (χ2n) is 5.90. The molecule has 1 heterocycles. The van der Waals surface area contributed by atoms with E-state index < -0.39 is 36.7 Å². The third-order valence-electron chi connectivity index (χ3n) is 3.44. The van der Waals surface area contributed by atoms with E-state index in [0.29, 0.717) is 6.42 Å². The minimum Gasteiger partial charge on any atom is -0.447 e. The highest BCUT2D eigenvalue weighted by Crippen LogP contribution is 2.20. The molecule has 0 aliphatic carbocycles. The van der Waals surface area contributed by atoms with E-state index in [2.05, 4.69) is 10.6 Å². The number of rotatable bonds is 7. The van der Waals surface area contributed by atoms with Gasteiger partial charge in [0.05, 0.1) is 6.67 Å². The minimum absolute atomic E-state index is 0.227. The fraction of sp³-hybridized carbons (Fsp3) is 0.857. The minimum atomic E-state index is -1.53. The van der Waals surface area contributed by atoms with Gasteiger partial charge in [-0.1, -0.05) is 6.92 Å². The van der Waals surface area contributed by atoms with Crippen molar-refractivity contribution in [3.05, 3.63) is 0 Å². The molecule has 0 aromatic rings. The first-order chi connectivity index (χ1) is 11.3. The summed E-state index contributed by atoms with van der Waals surface area (Å²) < 4.78 is 10.0. The molecule has 1 rings (SSSR count). The van der Waals surface area contributed by atoms with Crippen molar-refractivity contribution >= 4 is 12.0 Å². The normalized spacial score (nSPS) is 30.0. The molecule has 10 nitrogen and oxygen atoms in total. The SMILES string of the molecule is CCCC(=O)N[C@H]1C(O)O[C@H](COC(=O)NCN(C)C)[C@@H](O)[C@@H]1O. The monoisotopic (exact) mass is 349 g/mol. The highest BCUT2D eigenvalue weighted by atomic mass is 16.6. The van der Waals surface area contributed by atoms with Crippen molar-refractivity contribution in [2.24, 2.45) is 0 Å². The van der Waals surface area contributed by atoms with Crippen LogP contribution in [0.2, 0.25) is 0 Å². The molecular weight excluding hydrogens is 322 g/mol. The lowest BCUT2D eigenvalue weighted by atomic mass is 9.97. The van der Waals surface area contributed by atoms with Gasteiger partial charge in [-0.15, -0.1) is 0 Å². The van der Waals surface area contributed by atoms with E-state index in [1.807, 2.05) is 6.92 Å². The number of aliphatic hydroxyl groups is 3. The van der Waals surface area contributed by atoms with Crippen molar-refractivity contribution < 1.29 is 34.4 Å². The van der Waals surface area contributed by atoms with Crippen LogP contribution in [-0.2, 0) is 14.3 Å². The summed E-state index contributed by atoms with van der Waals surface area (Å²) in [7, 11) is 3.52. The molecule has 0 aromatic carbocycles. The molecule has 0 bridgehead atoms. The number of hydrogen-bond donors (Lipinski definition) is 5. The Morgan fingerprint density at radius 1 is 1.21 bits per heavy atom. The summed E-state index contributed by atoms with van der Waals surface area (Å²) in [5, 5.41) is 34.9. The molecule has 1 aliphatic rings. The van der Waals surface area contributed by atoms with Gasteiger partial charge in [0, 0.05) is 6.42 Å². The number of carbonyl (C=O) groups is 2. The summed E-state index contributed by atoms with van der Waals surface area (Å²) >= 11 is 0. The maximum Gasteiger partial charge on any atom is 0.408 e. The van der Waals surface area contributed by atoms with Crippen LogP contribution in [0.25, 0.3) is 0 Å². The second-order valence-corrected chi connectivity index (χ2v) is 5.90. The molecule has 0 aromatic heterocycles. The van der Waals surface area contributed by atoms with Gasteiger partial charge in [0.1, 0.15) is 31.0 Å². The third kappa shape index (κ3) is 6.21. The van der Waals surface area contributed by atoms with Crippen LogP contribution >= 0.6 is 0 Å². The van der Waals surface area contributed by atoms with Crippen LogP contribution in [-0.4, -0.2) is 90.2 Å². The number of hydrogen-bond acceptors (Lipinski definition) is 8. The topological polar surface area (TPSA) is 141 Å². The van der Waals surface area contributed by atoms with Gasteiger partial charge < -0.3 is 35.4 Å². The number of nitrogens with one attached hydrogen (secondary N) is 2. The Bertz CT molecular complexity index is 421. The van der Waals surface area contributed by atoms with Crippen LogP contribution in [0, 0.1) is 0 Å². The first kappa shape index (κ1) is 20.6. The zero-order valence-electron chi connectivity index (χ0n) is 14.1.